The maximum atomic E-state index is 11.5. The average Bonchev–Trinajstić information content (AvgIpc) is 3.00. The van der Waals surface area contributed by atoms with Crippen molar-refractivity contribution in [3.8, 4) is 11.3 Å². The number of nitrogens with zero attached hydrogens (tertiary/aromatic N) is 3. The van der Waals surface area contributed by atoms with Crippen LogP contribution < -0.4 is 11.1 Å². The number of carbonyl (C=O) groups excluding carboxylic acids is 1. The summed E-state index contributed by atoms with van der Waals surface area (Å²) in [6.07, 6.45) is 3.51. The van der Waals surface area contributed by atoms with Crippen molar-refractivity contribution in [2.75, 3.05) is 5.32 Å². The van der Waals surface area contributed by atoms with Crippen molar-refractivity contribution in [1.29, 1.82) is 0 Å². The minimum absolute atomic E-state index is 0.415. The summed E-state index contributed by atoms with van der Waals surface area (Å²) in [4.78, 5) is 20.3. The Kier molecular flexibility index (Phi) is 4.08. The average molecular weight is 357 g/mol. The van der Waals surface area contributed by atoms with Gasteiger partial charge in [-0.05, 0) is 54.4 Å². The molecule has 0 fully saturated rings. The maximum absolute atomic E-state index is 11.5. The van der Waals surface area contributed by atoms with Gasteiger partial charge in [0, 0.05) is 36.1 Å². The molecule has 3 aromatic heterocycles. The first-order valence-corrected chi connectivity index (χ1v) is 8.58. The van der Waals surface area contributed by atoms with Gasteiger partial charge in [-0.15, -0.1) is 0 Å². The normalized spacial score (nSPS) is 10.9. The van der Waals surface area contributed by atoms with Crippen LogP contribution in [-0.4, -0.2) is 20.4 Å². The molecule has 0 saturated heterocycles. The van der Waals surface area contributed by atoms with E-state index in [9.17, 15) is 4.79 Å². The van der Waals surface area contributed by atoms with Crippen LogP contribution in [-0.2, 0) is 7.05 Å². The fourth-order valence-electron chi connectivity index (χ4n) is 3.30. The highest BCUT2D eigenvalue weighted by atomic mass is 16.1. The van der Waals surface area contributed by atoms with Crippen LogP contribution in [0.5, 0.6) is 0 Å². The lowest BCUT2D eigenvalue weighted by molar-refractivity contribution is 0.0999. The van der Waals surface area contributed by atoms with E-state index >= 15 is 0 Å². The van der Waals surface area contributed by atoms with Gasteiger partial charge in [-0.25, -0.2) is 9.97 Å². The fraction of sp³-hybridized carbons (Fsp3) is 0.0952. The molecule has 0 radical (unpaired) electrons. The molecule has 0 atom stereocenters. The molecular formula is C21H19N5O. The fourth-order valence-corrected chi connectivity index (χ4v) is 3.30. The SMILES string of the molecule is Cc1cc(-c2cc3c(Nc4ccccn4)nccc3n2C)ccc1C(N)=O. The number of primary amides is 1. The highest BCUT2D eigenvalue weighted by Crippen LogP contribution is 2.32. The van der Waals surface area contributed by atoms with Gasteiger partial charge in [0.05, 0.1) is 5.52 Å². The molecule has 134 valence electrons. The number of fused-ring (bicyclic) bond motifs is 1. The molecule has 4 rings (SSSR count). The quantitative estimate of drug-likeness (QED) is 0.582. The molecule has 0 spiro atoms. The van der Waals surface area contributed by atoms with E-state index in [1.54, 1.807) is 18.5 Å². The van der Waals surface area contributed by atoms with Gasteiger partial charge in [0.25, 0.3) is 0 Å². The van der Waals surface area contributed by atoms with Gasteiger partial charge in [0.15, 0.2) is 0 Å². The summed E-state index contributed by atoms with van der Waals surface area (Å²) >= 11 is 0. The van der Waals surface area contributed by atoms with E-state index in [-0.39, 0.29) is 0 Å². The molecule has 6 heteroatoms. The number of nitrogens with one attached hydrogen (secondary N) is 1. The largest absolute Gasteiger partial charge is 0.366 e. The van der Waals surface area contributed by atoms with Gasteiger partial charge in [-0.1, -0.05) is 12.1 Å². The van der Waals surface area contributed by atoms with Gasteiger partial charge in [-0.2, -0.15) is 0 Å². The predicted molar refractivity (Wildman–Crippen MR) is 107 cm³/mol. The Morgan fingerprint density at radius 1 is 1.07 bits per heavy atom. The van der Waals surface area contributed by atoms with E-state index in [0.29, 0.717) is 5.56 Å². The number of aryl methyl sites for hydroxylation is 2. The highest BCUT2D eigenvalue weighted by Gasteiger charge is 2.14. The number of benzene rings is 1. The van der Waals surface area contributed by atoms with Crippen LogP contribution in [0.2, 0.25) is 0 Å². The summed E-state index contributed by atoms with van der Waals surface area (Å²) in [7, 11) is 2.01. The molecule has 4 aromatic rings. The van der Waals surface area contributed by atoms with Crippen molar-refractivity contribution in [1.82, 2.24) is 14.5 Å². The maximum Gasteiger partial charge on any atom is 0.248 e. The van der Waals surface area contributed by atoms with Crippen LogP contribution in [0.1, 0.15) is 15.9 Å². The zero-order valence-corrected chi connectivity index (χ0v) is 15.1. The summed E-state index contributed by atoms with van der Waals surface area (Å²) in [5.74, 6) is 1.07. The van der Waals surface area contributed by atoms with Crippen LogP contribution in [0.4, 0.5) is 11.6 Å². The van der Waals surface area contributed by atoms with E-state index < -0.39 is 5.91 Å². The molecule has 0 aliphatic heterocycles. The number of hydrogen-bond acceptors (Lipinski definition) is 4. The standard InChI is InChI=1S/C21H19N5O/c1-13-11-14(6-7-15(13)20(22)27)18-12-16-17(26(18)2)8-10-24-21(16)25-19-5-3-4-9-23-19/h3-12H,1-2H3,(H2,22,27)(H,23,24,25). The van der Waals surface area contributed by atoms with Gasteiger partial charge in [0.1, 0.15) is 11.6 Å². The Hall–Kier alpha value is -3.67. The molecule has 0 bridgehead atoms. The molecule has 0 unspecified atom stereocenters. The summed E-state index contributed by atoms with van der Waals surface area (Å²) in [6.45, 7) is 1.89. The third kappa shape index (κ3) is 3.01. The van der Waals surface area contributed by atoms with Gasteiger partial charge in [-0.3, -0.25) is 4.79 Å². The first-order valence-electron chi connectivity index (χ1n) is 8.58. The Balaban J connectivity index is 1.81. The lowest BCUT2D eigenvalue weighted by Gasteiger charge is -2.08. The minimum atomic E-state index is -0.415. The number of anilines is 2. The molecule has 1 amide bonds. The van der Waals surface area contributed by atoms with Crippen molar-refractivity contribution in [3.05, 3.63) is 72.1 Å². The first kappa shape index (κ1) is 16.8. The number of pyridine rings is 2. The Labute approximate surface area is 156 Å². The molecule has 27 heavy (non-hydrogen) atoms. The van der Waals surface area contributed by atoms with Crippen LogP contribution >= 0.6 is 0 Å². The second-order valence-electron chi connectivity index (χ2n) is 6.41. The first-order chi connectivity index (χ1) is 13.0. The van der Waals surface area contributed by atoms with E-state index in [4.69, 9.17) is 5.73 Å². The van der Waals surface area contributed by atoms with Crippen molar-refractivity contribution in [3.63, 3.8) is 0 Å². The summed E-state index contributed by atoms with van der Waals surface area (Å²) in [5, 5.41) is 4.28. The number of carbonyl (C=O) groups is 1. The number of amides is 1. The van der Waals surface area contributed by atoms with Crippen molar-refractivity contribution >= 4 is 28.4 Å². The second kappa shape index (κ2) is 6.57. The lowest BCUT2D eigenvalue weighted by Crippen LogP contribution is -2.12. The number of rotatable bonds is 4. The number of nitrogens with two attached hydrogens (primary N) is 1. The summed E-state index contributed by atoms with van der Waals surface area (Å²) in [6, 6.07) is 15.4. The Bertz CT molecular complexity index is 1150. The van der Waals surface area contributed by atoms with Crippen molar-refractivity contribution in [2.45, 2.75) is 6.92 Å². The van der Waals surface area contributed by atoms with E-state index in [1.165, 1.54) is 0 Å². The van der Waals surface area contributed by atoms with Crippen LogP contribution in [0.25, 0.3) is 22.2 Å². The third-order valence-corrected chi connectivity index (χ3v) is 4.67. The highest BCUT2D eigenvalue weighted by molar-refractivity contribution is 5.97. The van der Waals surface area contributed by atoms with Gasteiger partial charge >= 0.3 is 0 Å². The zero-order valence-electron chi connectivity index (χ0n) is 15.1. The topological polar surface area (TPSA) is 85.8 Å². The Morgan fingerprint density at radius 2 is 1.93 bits per heavy atom. The molecule has 0 aliphatic rings. The molecule has 0 aliphatic carbocycles. The van der Waals surface area contributed by atoms with Crippen molar-refractivity contribution in [2.24, 2.45) is 12.8 Å². The Morgan fingerprint density at radius 3 is 2.63 bits per heavy atom. The van der Waals surface area contributed by atoms with E-state index in [0.717, 1.165) is 39.4 Å². The monoisotopic (exact) mass is 357 g/mol. The third-order valence-electron chi connectivity index (χ3n) is 4.67. The lowest BCUT2D eigenvalue weighted by atomic mass is 10.0. The van der Waals surface area contributed by atoms with Gasteiger partial charge in [0.2, 0.25) is 5.91 Å². The van der Waals surface area contributed by atoms with Crippen LogP contribution in [0, 0.1) is 6.92 Å². The second-order valence-corrected chi connectivity index (χ2v) is 6.41. The van der Waals surface area contributed by atoms with Crippen LogP contribution in [0.15, 0.2) is 60.9 Å². The van der Waals surface area contributed by atoms with E-state index in [1.807, 2.05) is 50.4 Å². The molecular weight excluding hydrogens is 338 g/mol. The smallest absolute Gasteiger partial charge is 0.248 e. The zero-order chi connectivity index (χ0) is 19.0. The minimum Gasteiger partial charge on any atom is -0.366 e. The van der Waals surface area contributed by atoms with Crippen molar-refractivity contribution < 1.29 is 4.79 Å². The molecule has 3 N–H and O–H groups in total. The number of hydrogen-bond donors (Lipinski definition) is 2. The van der Waals surface area contributed by atoms with Gasteiger partial charge < -0.3 is 15.6 Å². The molecule has 6 nitrogen and oxygen atoms in total. The predicted octanol–water partition coefficient (Wildman–Crippen LogP) is 3.79. The van der Waals surface area contributed by atoms with Crippen LogP contribution in [0.3, 0.4) is 0 Å². The van der Waals surface area contributed by atoms with E-state index in [2.05, 4.69) is 25.9 Å². The number of aromatic nitrogens is 3. The summed E-state index contributed by atoms with van der Waals surface area (Å²) in [5.41, 5.74) is 9.91. The molecule has 1 aromatic carbocycles. The summed E-state index contributed by atoms with van der Waals surface area (Å²) < 4.78 is 2.11. The molecule has 0 saturated carbocycles. The molecule has 3 heterocycles.